The minimum absolute atomic E-state index is 0.00697. The molecule has 1 aliphatic carbocycles. The number of carbonyl (C=O) groups is 1. The third-order valence-electron chi connectivity index (χ3n) is 7.29. The van der Waals surface area contributed by atoms with Crippen LogP contribution in [0.1, 0.15) is 57.6 Å². The lowest BCUT2D eigenvalue weighted by atomic mass is 9.84. The summed E-state index contributed by atoms with van der Waals surface area (Å²) in [5.74, 6) is 0.552. The van der Waals surface area contributed by atoms with E-state index in [1.807, 2.05) is 91.0 Å². The average Bonchev–Trinajstić information content (AvgIpc) is 3.83. The third-order valence-corrected chi connectivity index (χ3v) is 8.77. The first-order valence-electron chi connectivity index (χ1n) is 14.3. The molecule has 0 N–H and O–H groups in total. The Morgan fingerprint density at radius 1 is 1.00 bits per heavy atom. The summed E-state index contributed by atoms with van der Waals surface area (Å²) in [6.45, 7) is 8.39. The molecule has 2 unspecified atom stereocenters. The minimum Gasteiger partial charge on any atom is -0.330 e. The van der Waals surface area contributed by atoms with Crippen LogP contribution < -0.4 is 4.31 Å². The molecule has 1 aromatic heterocycles. The maximum Gasteiger partial charge on any atom is 0.226 e. The highest BCUT2D eigenvalue weighted by Crippen LogP contribution is 2.44. The molecule has 1 saturated carbocycles. The van der Waals surface area contributed by atoms with Crippen molar-refractivity contribution in [3.8, 4) is 0 Å². The second kappa shape index (κ2) is 16.7. The lowest BCUT2D eigenvalue weighted by Crippen LogP contribution is -2.54. The van der Waals surface area contributed by atoms with Gasteiger partial charge in [-0.3, -0.25) is 14.1 Å². The van der Waals surface area contributed by atoms with Gasteiger partial charge in [0.05, 0.1) is 30.5 Å². The average molecular weight is 615 g/mol. The van der Waals surface area contributed by atoms with Gasteiger partial charge >= 0.3 is 0 Å². The Labute approximate surface area is 258 Å². The van der Waals surface area contributed by atoms with Gasteiger partial charge in [0.15, 0.2) is 0 Å². The van der Waals surface area contributed by atoms with E-state index in [0.29, 0.717) is 23.9 Å². The molecule has 0 bridgehead atoms. The van der Waals surface area contributed by atoms with Gasteiger partial charge in [-0.25, -0.2) is 4.21 Å². The van der Waals surface area contributed by atoms with Crippen LogP contribution in [0.25, 0.3) is 0 Å². The molecule has 41 heavy (non-hydrogen) atoms. The van der Waals surface area contributed by atoms with Crippen LogP contribution in [0, 0.1) is 11.8 Å². The van der Waals surface area contributed by atoms with E-state index in [1.165, 1.54) is 0 Å². The van der Waals surface area contributed by atoms with Crippen LogP contribution >= 0.6 is 23.2 Å². The fourth-order valence-electron chi connectivity index (χ4n) is 5.20. The Bertz CT molecular complexity index is 1240. The molecule has 2 aromatic carbocycles. The zero-order chi connectivity index (χ0) is 29.8. The highest BCUT2D eigenvalue weighted by Gasteiger charge is 2.45. The SMILES string of the molecule is C=CC[C@H]1CC[C@@H](c2ccc(Cl)cc2)N(C(CN(c2cccnc2)S(C)=O)C2CC2)C1=O.CC.Clc1ccccc1. The third kappa shape index (κ3) is 9.42. The topological polar surface area (TPSA) is 53.5 Å². The van der Waals surface area contributed by atoms with Crippen LogP contribution in [0.5, 0.6) is 0 Å². The summed E-state index contributed by atoms with van der Waals surface area (Å²) in [7, 11) is -1.23. The van der Waals surface area contributed by atoms with Gasteiger partial charge in [-0.1, -0.05) is 73.5 Å². The second-order valence-electron chi connectivity index (χ2n) is 10.0. The molecule has 4 atom stereocenters. The summed E-state index contributed by atoms with van der Waals surface area (Å²) in [5.41, 5.74) is 1.92. The number of anilines is 1. The molecule has 2 fully saturated rings. The quantitative estimate of drug-likeness (QED) is 0.227. The number of likely N-dealkylation sites (tertiary alicyclic amines) is 1. The van der Waals surface area contributed by atoms with Crippen LogP contribution in [0.2, 0.25) is 10.0 Å². The Morgan fingerprint density at radius 3 is 2.17 bits per heavy atom. The zero-order valence-corrected chi connectivity index (χ0v) is 26.5. The summed E-state index contributed by atoms with van der Waals surface area (Å²) < 4.78 is 14.6. The number of halogens is 2. The number of hydrogen-bond acceptors (Lipinski definition) is 3. The molecule has 8 heteroatoms. The van der Waals surface area contributed by atoms with Crippen molar-refractivity contribution in [2.24, 2.45) is 11.8 Å². The maximum absolute atomic E-state index is 13.8. The van der Waals surface area contributed by atoms with Crippen LogP contribution in [-0.4, -0.2) is 38.8 Å². The number of rotatable bonds is 9. The van der Waals surface area contributed by atoms with E-state index < -0.39 is 11.0 Å². The van der Waals surface area contributed by atoms with Gasteiger partial charge in [0.25, 0.3) is 0 Å². The van der Waals surface area contributed by atoms with E-state index in [-0.39, 0.29) is 23.9 Å². The molecular formula is C33H41Cl2N3O2S. The van der Waals surface area contributed by atoms with Gasteiger partial charge in [0, 0.05) is 28.4 Å². The summed E-state index contributed by atoms with van der Waals surface area (Å²) in [6, 6.07) is 21.0. The molecule has 1 amide bonds. The molecule has 3 aromatic rings. The van der Waals surface area contributed by atoms with Crippen molar-refractivity contribution in [1.29, 1.82) is 0 Å². The fraction of sp³-hybridized carbons (Fsp3) is 0.394. The lowest BCUT2D eigenvalue weighted by Gasteiger charge is -2.45. The Morgan fingerprint density at radius 2 is 1.66 bits per heavy atom. The van der Waals surface area contributed by atoms with E-state index in [2.05, 4.69) is 16.5 Å². The number of pyridine rings is 1. The molecule has 5 nitrogen and oxygen atoms in total. The Hall–Kier alpha value is -2.67. The van der Waals surface area contributed by atoms with Gasteiger partial charge in [-0.2, -0.15) is 0 Å². The maximum atomic E-state index is 13.8. The Kier molecular flexibility index (Phi) is 13.4. The van der Waals surface area contributed by atoms with E-state index in [0.717, 1.165) is 42.0 Å². The van der Waals surface area contributed by atoms with Crippen molar-refractivity contribution in [2.75, 3.05) is 17.1 Å². The summed E-state index contributed by atoms with van der Waals surface area (Å²) >= 11 is 11.7. The van der Waals surface area contributed by atoms with Crippen molar-refractivity contribution >= 4 is 45.8 Å². The molecule has 220 valence electrons. The lowest BCUT2D eigenvalue weighted by molar-refractivity contribution is -0.145. The molecule has 5 rings (SSSR count). The van der Waals surface area contributed by atoms with Crippen LogP contribution in [-0.2, 0) is 15.8 Å². The molecule has 2 aliphatic rings. The predicted molar refractivity (Wildman–Crippen MR) is 174 cm³/mol. The molecule has 0 spiro atoms. The number of carbonyl (C=O) groups excluding carboxylic acids is 1. The van der Waals surface area contributed by atoms with Crippen molar-refractivity contribution < 1.29 is 9.00 Å². The largest absolute Gasteiger partial charge is 0.330 e. The summed E-state index contributed by atoms with van der Waals surface area (Å²) in [4.78, 5) is 20.1. The van der Waals surface area contributed by atoms with Crippen molar-refractivity contribution in [1.82, 2.24) is 9.88 Å². The van der Waals surface area contributed by atoms with Gasteiger partial charge in [-0.15, -0.1) is 6.58 Å². The van der Waals surface area contributed by atoms with Crippen LogP contribution in [0.4, 0.5) is 5.69 Å². The van der Waals surface area contributed by atoms with E-state index in [1.54, 1.807) is 18.6 Å². The van der Waals surface area contributed by atoms with Crippen molar-refractivity contribution in [3.05, 3.63) is 107 Å². The molecule has 2 heterocycles. The number of piperidine rings is 1. The first kappa shape index (κ1) is 32.8. The van der Waals surface area contributed by atoms with Crippen LogP contribution in [0.3, 0.4) is 0 Å². The van der Waals surface area contributed by atoms with Crippen LogP contribution in [0.15, 0.2) is 91.8 Å². The van der Waals surface area contributed by atoms with E-state index in [9.17, 15) is 9.00 Å². The highest BCUT2D eigenvalue weighted by atomic mass is 35.5. The molecular weight excluding hydrogens is 573 g/mol. The Balaban J connectivity index is 0.000000443. The van der Waals surface area contributed by atoms with Gasteiger partial charge < -0.3 is 4.90 Å². The summed E-state index contributed by atoms with van der Waals surface area (Å²) in [6.07, 6.45) is 11.6. The fourth-order valence-corrected chi connectivity index (χ4v) is 6.24. The normalized spacial score (nSPS) is 19.5. The number of benzene rings is 2. The predicted octanol–water partition coefficient (Wildman–Crippen LogP) is 8.54. The number of amides is 1. The van der Waals surface area contributed by atoms with Gasteiger partial charge in [0.2, 0.25) is 5.91 Å². The molecule has 1 saturated heterocycles. The molecule has 0 radical (unpaired) electrons. The highest BCUT2D eigenvalue weighted by molar-refractivity contribution is 7.85. The van der Waals surface area contributed by atoms with Crippen molar-refractivity contribution in [3.63, 3.8) is 0 Å². The number of allylic oxidation sites excluding steroid dienone is 1. The molecule has 1 aliphatic heterocycles. The smallest absolute Gasteiger partial charge is 0.226 e. The minimum atomic E-state index is -1.23. The zero-order valence-electron chi connectivity index (χ0n) is 24.2. The van der Waals surface area contributed by atoms with E-state index in [4.69, 9.17) is 23.2 Å². The van der Waals surface area contributed by atoms with Gasteiger partial charge in [-0.05, 0) is 80.0 Å². The summed E-state index contributed by atoms with van der Waals surface area (Å²) in [5, 5.41) is 1.48. The first-order chi connectivity index (χ1) is 19.9. The van der Waals surface area contributed by atoms with Gasteiger partial charge in [0.1, 0.15) is 11.0 Å². The standard InChI is InChI=1S/C25H30ClN3O2S.C6H5Cl.C2H6/c1-3-5-20-11-14-23(18-9-12-21(26)13-10-18)29(25(20)30)24(19-7-8-19)17-28(32(2)31)22-6-4-15-27-16-22;7-6-4-2-1-3-5-6;1-2/h3-4,6,9-10,12-13,15-16,19-20,23-24H,1,5,7-8,11,14,17H2,2H3;1-5H;1-2H3/t20-,23-,24?,32?;;/m0../s1. The number of aromatic nitrogens is 1. The number of nitrogens with zero attached hydrogens (tertiary/aromatic N) is 3. The van der Waals surface area contributed by atoms with E-state index >= 15 is 0 Å². The monoisotopic (exact) mass is 613 g/mol. The van der Waals surface area contributed by atoms with Crippen molar-refractivity contribution in [2.45, 2.75) is 58.0 Å². The number of hydrogen-bond donors (Lipinski definition) is 0. The first-order valence-corrected chi connectivity index (χ1v) is 16.6. The second-order valence-corrected chi connectivity index (χ2v) is 12.2.